The Labute approximate surface area is 156 Å². The predicted molar refractivity (Wildman–Crippen MR) is 101 cm³/mol. The van der Waals surface area contributed by atoms with Gasteiger partial charge in [0.15, 0.2) is 0 Å². The SMILES string of the molecule is Cc1nc2ccccc2n1Cc1cc(C(=O)NC(C)c2cnn(C)c2)n[nH]1. The van der Waals surface area contributed by atoms with Gasteiger partial charge < -0.3 is 9.88 Å². The maximum atomic E-state index is 12.5. The van der Waals surface area contributed by atoms with Crippen LogP contribution >= 0.6 is 0 Å². The van der Waals surface area contributed by atoms with E-state index in [4.69, 9.17) is 0 Å². The molecule has 138 valence electrons. The lowest BCUT2D eigenvalue weighted by molar-refractivity contribution is 0.0935. The van der Waals surface area contributed by atoms with Crippen molar-refractivity contribution in [3.63, 3.8) is 0 Å². The predicted octanol–water partition coefficient (Wildman–Crippen LogP) is 2.34. The van der Waals surface area contributed by atoms with E-state index in [1.165, 1.54) is 0 Å². The summed E-state index contributed by atoms with van der Waals surface area (Å²) in [6.45, 7) is 4.47. The Morgan fingerprint density at radius 3 is 2.93 bits per heavy atom. The Bertz CT molecular complexity index is 1100. The average Bonchev–Trinajstić information content (AvgIpc) is 3.35. The number of benzene rings is 1. The van der Waals surface area contributed by atoms with Crippen molar-refractivity contribution in [2.24, 2.45) is 7.05 Å². The molecule has 1 unspecified atom stereocenters. The van der Waals surface area contributed by atoms with Gasteiger partial charge in [-0.1, -0.05) is 12.1 Å². The summed E-state index contributed by atoms with van der Waals surface area (Å²) in [5.41, 5.74) is 4.17. The third-order valence-corrected chi connectivity index (χ3v) is 4.61. The summed E-state index contributed by atoms with van der Waals surface area (Å²) < 4.78 is 3.81. The van der Waals surface area contributed by atoms with Crippen molar-refractivity contribution < 1.29 is 4.79 Å². The fourth-order valence-electron chi connectivity index (χ4n) is 3.14. The molecule has 0 spiro atoms. The molecule has 3 heterocycles. The van der Waals surface area contributed by atoms with Crippen molar-refractivity contribution >= 4 is 16.9 Å². The van der Waals surface area contributed by atoms with Gasteiger partial charge in [0.05, 0.1) is 35.5 Å². The number of para-hydroxylation sites is 2. The highest BCUT2D eigenvalue weighted by Gasteiger charge is 2.16. The van der Waals surface area contributed by atoms with Gasteiger partial charge in [-0.05, 0) is 32.0 Å². The lowest BCUT2D eigenvalue weighted by Crippen LogP contribution is -2.26. The van der Waals surface area contributed by atoms with Gasteiger partial charge in [-0.2, -0.15) is 10.2 Å². The minimum Gasteiger partial charge on any atom is -0.344 e. The van der Waals surface area contributed by atoms with Crippen molar-refractivity contribution in [3.8, 4) is 0 Å². The minimum absolute atomic E-state index is 0.147. The number of imidazole rings is 1. The highest BCUT2D eigenvalue weighted by molar-refractivity contribution is 5.92. The second-order valence-corrected chi connectivity index (χ2v) is 6.65. The first-order chi connectivity index (χ1) is 13.0. The fourth-order valence-corrected chi connectivity index (χ4v) is 3.14. The summed E-state index contributed by atoms with van der Waals surface area (Å²) in [6, 6.07) is 9.62. The molecule has 0 radical (unpaired) electrons. The van der Waals surface area contributed by atoms with Crippen molar-refractivity contribution in [2.45, 2.75) is 26.4 Å². The zero-order valence-electron chi connectivity index (χ0n) is 15.5. The molecule has 8 nitrogen and oxygen atoms in total. The number of aromatic amines is 1. The van der Waals surface area contributed by atoms with Crippen molar-refractivity contribution in [1.82, 2.24) is 34.8 Å². The van der Waals surface area contributed by atoms with E-state index in [2.05, 4.69) is 30.2 Å². The standard InChI is InChI=1S/C19H21N7O/c1-12(14-9-20-25(3)10-14)21-19(27)17-8-15(23-24-17)11-26-13(2)22-16-6-4-5-7-18(16)26/h4-10,12H,11H2,1-3H3,(H,21,27)(H,23,24). The largest absolute Gasteiger partial charge is 0.344 e. The molecule has 1 atom stereocenters. The maximum absolute atomic E-state index is 12.5. The number of rotatable bonds is 5. The Morgan fingerprint density at radius 2 is 2.15 bits per heavy atom. The Balaban J connectivity index is 1.49. The monoisotopic (exact) mass is 363 g/mol. The number of carbonyl (C=O) groups is 1. The molecule has 0 saturated heterocycles. The highest BCUT2D eigenvalue weighted by Crippen LogP contribution is 2.17. The quantitative estimate of drug-likeness (QED) is 0.569. The Kier molecular flexibility index (Phi) is 4.23. The van der Waals surface area contributed by atoms with E-state index in [1.54, 1.807) is 16.9 Å². The van der Waals surface area contributed by atoms with E-state index in [-0.39, 0.29) is 11.9 Å². The molecule has 3 aromatic heterocycles. The third kappa shape index (κ3) is 3.33. The number of carbonyl (C=O) groups excluding carboxylic acids is 1. The molecule has 27 heavy (non-hydrogen) atoms. The van der Waals surface area contributed by atoms with Gasteiger partial charge in [-0.3, -0.25) is 14.6 Å². The first-order valence-electron chi connectivity index (χ1n) is 8.77. The third-order valence-electron chi connectivity index (χ3n) is 4.61. The highest BCUT2D eigenvalue weighted by atomic mass is 16.2. The van der Waals surface area contributed by atoms with E-state index >= 15 is 0 Å². The molecule has 2 N–H and O–H groups in total. The lowest BCUT2D eigenvalue weighted by atomic mass is 10.2. The molecule has 4 rings (SSSR count). The van der Waals surface area contributed by atoms with Crippen molar-refractivity contribution in [3.05, 3.63) is 65.5 Å². The number of nitrogens with one attached hydrogen (secondary N) is 2. The number of amides is 1. The van der Waals surface area contributed by atoms with Crippen LogP contribution in [-0.4, -0.2) is 35.4 Å². The van der Waals surface area contributed by atoms with Crippen LogP contribution in [-0.2, 0) is 13.6 Å². The van der Waals surface area contributed by atoms with Crippen LogP contribution in [0.2, 0.25) is 0 Å². The van der Waals surface area contributed by atoms with Crippen LogP contribution in [0.25, 0.3) is 11.0 Å². The van der Waals surface area contributed by atoms with Gasteiger partial charge >= 0.3 is 0 Å². The van der Waals surface area contributed by atoms with Crippen LogP contribution in [0.4, 0.5) is 0 Å². The van der Waals surface area contributed by atoms with E-state index in [0.29, 0.717) is 12.2 Å². The van der Waals surface area contributed by atoms with E-state index in [1.807, 2.05) is 51.4 Å². The lowest BCUT2D eigenvalue weighted by Gasteiger charge is -2.10. The minimum atomic E-state index is -0.221. The topological polar surface area (TPSA) is 93.4 Å². The molecular formula is C19H21N7O. The molecule has 0 bridgehead atoms. The zero-order chi connectivity index (χ0) is 19.0. The summed E-state index contributed by atoms with van der Waals surface area (Å²) in [5, 5.41) is 14.2. The molecule has 8 heteroatoms. The normalized spacial score (nSPS) is 12.4. The van der Waals surface area contributed by atoms with Crippen LogP contribution in [0, 0.1) is 6.92 Å². The first-order valence-corrected chi connectivity index (χ1v) is 8.77. The van der Waals surface area contributed by atoms with Crippen molar-refractivity contribution in [1.29, 1.82) is 0 Å². The number of H-pyrrole nitrogens is 1. The second kappa shape index (κ2) is 6.71. The van der Waals surface area contributed by atoms with E-state index in [0.717, 1.165) is 28.1 Å². The summed E-state index contributed by atoms with van der Waals surface area (Å²) in [5.74, 6) is 0.697. The maximum Gasteiger partial charge on any atom is 0.272 e. The number of nitrogens with zero attached hydrogens (tertiary/aromatic N) is 5. The summed E-state index contributed by atoms with van der Waals surface area (Å²) in [4.78, 5) is 17.1. The van der Waals surface area contributed by atoms with Gasteiger partial charge in [-0.25, -0.2) is 4.98 Å². The van der Waals surface area contributed by atoms with E-state index in [9.17, 15) is 4.79 Å². The van der Waals surface area contributed by atoms with Crippen LogP contribution in [0.3, 0.4) is 0 Å². The Hall–Kier alpha value is -3.42. The molecule has 0 saturated carbocycles. The first kappa shape index (κ1) is 17.0. The molecule has 0 aliphatic rings. The number of aromatic nitrogens is 6. The van der Waals surface area contributed by atoms with Gasteiger partial charge in [0.25, 0.3) is 5.91 Å². The molecule has 0 aliphatic heterocycles. The summed E-state index contributed by atoms with van der Waals surface area (Å²) in [7, 11) is 1.85. The number of aryl methyl sites for hydroxylation is 2. The summed E-state index contributed by atoms with van der Waals surface area (Å²) >= 11 is 0. The molecule has 0 aliphatic carbocycles. The molecular weight excluding hydrogens is 342 g/mol. The molecule has 1 amide bonds. The Morgan fingerprint density at radius 1 is 1.33 bits per heavy atom. The van der Waals surface area contributed by atoms with Crippen LogP contribution < -0.4 is 5.32 Å². The molecule has 4 aromatic rings. The van der Waals surface area contributed by atoms with Gasteiger partial charge in [0, 0.05) is 18.8 Å². The van der Waals surface area contributed by atoms with Crippen LogP contribution in [0.5, 0.6) is 0 Å². The summed E-state index contributed by atoms with van der Waals surface area (Å²) in [6.07, 6.45) is 3.63. The van der Waals surface area contributed by atoms with Gasteiger partial charge in [-0.15, -0.1) is 0 Å². The van der Waals surface area contributed by atoms with Gasteiger partial charge in [0.2, 0.25) is 0 Å². The van der Waals surface area contributed by atoms with Gasteiger partial charge in [0.1, 0.15) is 11.5 Å². The number of hydrogen-bond acceptors (Lipinski definition) is 4. The fraction of sp³-hybridized carbons (Fsp3) is 0.263. The second-order valence-electron chi connectivity index (χ2n) is 6.65. The smallest absolute Gasteiger partial charge is 0.272 e. The number of fused-ring (bicyclic) bond motifs is 1. The van der Waals surface area contributed by atoms with Crippen LogP contribution in [0.1, 0.15) is 40.5 Å². The van der Waals surface area contributed by atoms with Crippen molar-refractivity contribution in [2.75, 3.05) is 0 Å². The molecule has 0 fully saturated rings. The zero-order valence-corrected chi connectivity index (χ0v) is 15.5. The van der Waals surface area contributed by atoms with Crippen LogP contribution in [0.15, 0.2) is 42.7 Å². The average molecular weight is 363 g/mol. The number of hydrogen-bond donors (Lipinski definition) is 2. The molecule has 1 aromatic carbocycles. The van der Waals surface area contributed by atoms with E-state index < -0.39 is 0 Å².